The van der Waals surface area contributed by atoms with Crippen LogP contribution in [0.2, 0.25) is 0 Å². The molecule has 2 aromatic carbocycles. The Hall–Kier alpha value is -3.13. The number of aryl methyl sites for hydroxylation is 1. The minimum atomic E-state index is -3.95. The molecule has 130 valence electrons. The van der Waals surface area contributed by atoms with Crippen molar-refractivity contribution in [1.82, 2.24) is 4.72 Å². The van der Waals surface area contributed by atoms with Crippen molar-refractivity contribution >= 4 is 33.7 Å². The number of amides is 3. The van der Waals surface area contributed by atoms with E-state index in [1.54, 1.807) is 36.4 Å². The van der Waals surface area contributed by atoms with Crippen LogP contribution in [-0.2, 0) is 14.8 Å². The van der Waals surface area contributed by atoms with Crippen molar-refractivity contribution in [1.29, 1.82) is 0 Å². The summed E-state index contributed by atoms with van der Waals surface area (Å²) in [4.78, 5) is 22.6. The van der Waals surface area contributed by atoms with Gasteiger partial charge in [0.1, 0.15) is 0 Å². The van der Waals surface area contributed by atoms with Crippen LogP contribution < -0.4 is 15.8 Å². The Bertz CT molecular complexity index is 902. The Balaban J connectivity index is 2.02. The molecule has 0 radical (unpaired) electrons. The number of rotatable bonds is 5. The fourth-order valence-electron chi connectivity index (χ4n) is 1.91. The summed E-state index contributed by atoms with van der Waals surface area (Å²) in [5.41, 5.74) is 7.02. The lowest BCUT2D eigenvalue weighted by Gasteiger charge is -2.09. The molecular weight excluding hydrogens is 342 g/mol. The van der Waals surface area contributed by atoms with Gasteiger partial charge in [-0.1, -0.05) is 29.8 Å². The highest BCUT2D eigenvalue weighted by atomic mass is 32.2. The second-order valence-corrected chi connectivity index (χ2v) is 6.91. The van der Waals surface area contributed by atoms with Crippen LogP contribution in [0.25, 0.3) is 6.08 Å². The number of nitrogens with two attached hydrogens (primary N) is 1. The van der Waals surface area contributed by atoms with E-state index in [2.05, 4.69) is 5.32 Å². The molecule has 2 rings (SSSR count). The molecule has 0 aliphatic rings. The zero-order chi connectivity index (χ0) is 18.4. The molecule has 3 amide bonds. The minimum Gasteiger partial charge on any atom is -0.366 e. The smallest absolute Gasteiger partial charge is 0.333 e. The van der Waals surface area contributed by atoms with E-state index in [0.29, 0.717) is 11.3 Å². The minimum absolute atomic E-state index is 0.000173. The van der Waals surface area contributed by atoms with Gasteiger partial charge in [-0.15, -0.1) is 0 Å². The lowest BCUT2D eigenvalue weighted by molar-refractivity contribution is -0.113. The van der Waals surface area contributed by atoms with Crippen LogP contribution in [0.1, 0.15) is 11.1 Å². The number of carbonyl (C=O) groups is 2. The molecule has 2 aromatic rings. The highest BCUT2D eigenvalue weighted by Gasteiger charge is 2.17. The third kappa shape index (κ3) is 5.47. The number of carbonyl (C=O) groups excluding carboxylic acids is 2. The van der Waals surface area contributed by atoms with Crippen LogP contribution in [0.5, 0.6) is 0 Å². The lowest BCUT2D eigenvalue weighted by Crippen LogP contribution is -2.34. The quantitative estimate of drug-likeness (QED) is 0.708. The van der Waals surface area contributed by atoms with Gasteiger partial charge in [0.15, 0.2) is 0 Å². The maximum Gasteiger partial charge on any atom is 0.333 e. The molecule has 8 heteroatoms. The van der Waals surface area contributed by atoms with E-state index < -0.39 is 22.0 Å². The Kier molecular flexibility index (Phi) is 5.56. The van der Waals surface area contributed by atoms with Gasteiger partial charge in [0.05, 0.1) is 4.90 Å². The van der Waals surface area contributed by atoms with E-state index in [1.807, 2.05) is 11.6 Å². The summed E-state index contributed by atoms with van der Waals surface area (Å²) >= 11 is 0. The van der Waals surface area contributed by atoms with Crippen molar-refractivity contribution in [2.24, 2.45) is 5.73 Å². The van der Waals surface area contributed by atoms with Gasteiger partial charge in [0.25, 0.3) is 10.0 Å². The third-order valence-electron chi connectivity index (χ3n) is 3.17. The first kappa shape index (κ1) is 18.2. The average Bonchev–Trinajstić information content (AvgIpc) is 2.54. The standard InChI is InChI=1S/C17H17N3O4S/c1-12-2-9-15(10-3-12)25(23,24)20-17(22)19-14-7-4-13(5-8-14)6-11-16(18)21/h2-11H,1H3,(H2,18,21)(H2,19,20,22)/b11-6+. The van der Waals surface area contributed by atoms with E-state index in [4.69, 9.17) is 5.73 Å². The normalized spacial score (nSPS) is 11.2. The summed E-state index contributed by atoms with van der Waals surface area (Å²) < 4.78 is 26.2. The Morgan fingerprint density at radius 2 is 1.60 bits per heavy atom. The van der Waals surface area contributed by atoms with Gasteiger partial charge in [-0.3, -0.25) is 4.79 Å². The van der Waals surface area contributed by atoms with Gasteiger partial charge >= 0.3 is 6.03 Å². The topological polar surface area (TPSA) is 118 Å². The summed E-state index contributed by atoms with van der Waals surface area (Å²) in [7, 11) is -3.95. The van der Waals surface area contributed by atoms with Crippen LogP contribution in [0.15, 0.2) is 59.5 Å². The number of anilines is 1. The molecule has 0 aliphatic carbocycles. The van der Waals surface area contributed by atoms with E-state index in [1.165, 1.54) is 24.3 Å². The number of nitrogens with one attached hydrogen (secondary N) is 2. The molecule has 0 spiro atoms. The number of hydrogen-bond acceptors (Lipinski definition) is 4. The molecule has 0 heterocycles. The first-order chi connectivity index (χ1) is 11.8. The molecule has 0 atom stereocenters. The highest BCUT2D eigenvalue weighted by Crippen LogP contribution is 2.12. The van der Waals surface area contributed by atoms with Crippen LogP contribution in [0.4, 0.5) is 10.5 Å². The van der Waals surface area contributed by atoms with Crippen LogP contribution in [-0.4, -0.2) is 20.4 Å². The Morgan fingerprint density at radius 3 is 2.16 bits per heavy atom. The molecule has 0 saturated carbocycles. The van der Waals surface area contributed by atoms with Crippen molar-refractivity contribution in [3.63, 3.8) is 0 Å². The van der Waals surface area contributed by atoms with Gasteiger partial charge < -0.3 is 11.1 Å². The fraction of sp³-hybridized carbons (Fsp3) is 0.0588. The Labute approximate surface area is 145 Å². The monoisotopic (exact) mass is 359 g/mol. The third-order valence-corrected chi connectivity index (χ3v) is 4.51. The number of sulfonamides is 1. The second kappa shape index (κ2) is 7.63. The van der Waals surface area contributed by atoms with Crippen molar-refractivity contribution < 1.29 is 18.0 Å². The van der Waals surface area contributed by atoms with E-state index >= 15 is 0 Å². The molecular formula is C17H17N3O4S. The lowest BCUT2D eigenvalue weighted by atomic mass is 10.2. The first-order valence-electron chi connectivity index (χ1n) is 7.24. The van der Waals surface area contributed by atoms with Gasteiger partial charge in [-0.05, 0) is 42.8 Å². The molecule has 0 bridgehead atoms. The van der Waals surface area contributed by atoms with Gasteiger partial charge in [-0.2, -0.15) is 0 Å². The fourth-order valence-corrected chi connectivity index (χ4v) is 2.82. The predicted octanol–water partition coefficient (Wildman–Crippen LogP) is 2.00. The average molecular weight is 359 g/mol. The molecule has 25 heavy (non-hydrogen) atoms. The summed E-state index contributed by atoms with van der Waals surface area (Å²) in [6.07, 6.45) is 2.73. The highest BCUT2D eigenvalue weighted by molar-refractivity contribution is 7.90. The summed E-state index contributed by atoms with van der Waals surface area (Å²) in [6, 6.07) is 11.7. The Morgan fingerprint density at radius 1 is 1.00 bits per heavy atom. The molecule has 4 N–H and O–H groups in total. The van der Waals surface area contributed by atoms with Crippen molar-refractivity contribution in [2.75, 3.05) is 5.32 Å². The summed E-state index contributed by atoms with van der Waals surface area (Å²) in [6.45, 7) is 1.83. The van der Waals surface area contributed by atoms with Crippen LogP contribution >= 0.6 is 0 Å². The van der Waals surface area contributed by atoms with Gasteiger partial charge in [-0.25, -0.2) is 17.9 Å². The molecule has 7 nitrogen and oxygen atoms in total. The van der Waals surface area contributed by atoms with E-state index in [0.717, 1.165) is 5.56 Å². The number of hydrogen-bond donors (Lipinski definition) is 3. The van der Waals surface area contributed by atoms with Crippen molar-refractivity contribution in [3.8, 4) is 0 Å². The van der Waals surface area contributed by atoms with Crippen LogP contribution in [0, 0.1) is 6.92 Å². The number of urea groups is 1. The molecule has 0 aliphatic heterocycles. The van der Waals surface area contributed by atoms with Crippen molar-refractivity contribution in [2.45, 2.75) is 11.8 Å². The zero-order valence-corrected chi connectivity index (χ0v) is 14.2. The van der Waals surface area contributed by atoms with E-state index in [9.17, 15) is 18.0 Å². The molecule has 0 aromatic heterocycles. The molecule has 0 fully saturated rings. The van der Waals surface area contributed by atoms with Crippen molar-refractivity contribution in [3.05, 3.63) is 65.7 Å². The maximum atomic E-state index is 12.1. The maximum absolute atomic E-state index is 12.1. The predicted molar refractivity (Wildman–Crippen MR) is 95.2 cm³/mol. The van der Waals surface area contributed by atoms with Gasteiger partial charge in [0.2, 0.25) is 5.91 Å². The molecule has 0 unspecified atom stereocenters. The van der Waals surface area contributed by atoms with E-state index in [-0.39, 0.29) is 4.90 Å². The zero-order valence-electron chi connectivity index (χ0n) is 13.4. The number of benzene rings is 2. The first-order valence-corrected chi connectivity index (χ1v) is 8.73. The second-order valence-electron chi connectivity index (χ2n) is 5.23. The summed E-state index contributed by atoms with van der Waals surface area (Å²) in [5, 5.41) is 2.43. The molecule has 0 saturated heterocycles. The largest absolute Gasteiger partial charge is 0.366 e. The van der Waals surface area contributed by atoms with Crippen LogP contribution in [0.3, 0.4) is 0 Å². The number of primary amides is 1. The SMILES string of the molecule is Cc1ccc(S(=O)(=O)NC(=O)Nc2ccc(/C=C/C(N)=O)cc2)cc1. The van der Waals surface area contributed by atoms with Gasteiger partial charge in [0, 0.05) is 11.8 Å². The summed E-state index contributed by atoms with van der Waals surface area (Å²) in [5.74, 6) is -0.567.